The Labute approximate surface area is 127 Å². The molecule has 0 N–H and O–H groups in total. The normalized spacial score (nSPS) is 25.3. The summed E-state index contributed by atoms with van der Waals surface area (Å²) in [6.07, 6.45) is 5.64. The summed E-state index contributed by atoms with van der Waals surface area (Å²) in [5, 5.41) is 4.29. The zero-order valence-electron chi connectivity index (χ0n) is 13.1. The van der Waals surface area contributed by atoms with Gasteiger partial charge in [0.15, 0.2) is 0 Å². The fourth-order valence-corrected chi connectivity index (χ4v) is 3.41. The first kappa shape index (κ1) is 14.9. The molecule has 2 aliphatic rings. The molecule has 0 radical (unpaired) electrons. The van der Waals surface area contributed by atoms with Gasteiger partial charge in [0.25, 0.3) is 0 Å². The molecule has 21 heavy (non-hydrogen) atoms. The minimum atomic E-state index is 0.652. The largest absolute Gasteiger partial charge is 0.379 e. The van der Waals surface area contributed by atoms with Gasteiger partial charge >= 0.3 is 0 Å². The van der Waals surface area contributed by atoms with Crippen LogP contribution in [-0.4, -0.2) is 70.0 Å². The van der Waals surface area contributed by atoms with Crippen LogP contribution in [0.3, 0.4) is 0 Å². The molecule has 1 atom stereocenters. The Hall–Kier alpha value is -0.980. The highest BCUT2D eigenvalue weighted by atomic mass is 16.5. The Morgan fingerprint density at radius 3 is 2.90 bits per heavy atom. The third-order valence-corrected chi connectivity index (χ3v) is 4.66. The molecule has 118 valence electrons. The summed E-state index contributed by atoms with van der Waals surface area (Å²) < 4.78 is 7.47. The number of morpholine rings is 1. The number of aromatic nitrogens is 3. The topological polar surface area (TPSA) is 46.4 Å². The van der Waals surface area contributed by atoms with Gasteiger partial charge in [-0.15, -0.1) is 0 Å². The van der Waals surface area contributed by atoms with Crippen LogP contribution in [0, 0.1) is 0 Å². The second kappa shape index (κ2) is 7.33. The number of ether oxygens (including phenoxy) is 1. The molecular weight excluding hydrogens is 266 g/mol. The van der Waals surface area contributed by atoms with Crippen LogP contribution in [0.1, 0.15) is 32.0 Å². The first-order valence-electron chi connectivity index (χ1n) is 8.27. The van der Waals surface area contributed by atoms with Crippen LogP contribution >= 0.6 is 0 Å². The fraction of sp³-hybridized carbons (Fsp3) is 0.867. The van der Waals surface area contributed by atoms with Crippen LogP contribution in [0.4, 0.5) is 0 Å². The Morgan fingerprint density at radius 1 is 1.24 bits per heavy atom. The molecule has 0 aliphatic carbocycles. The molecule has 2 aliphatic heterocycles. The van der Waals surface area contributed by atoms with Gasteiger partial charge in [-0.05, 0) is 26.3 Å². The van der Waals surface area contributed by atoms with Gasteiger partial charge in [-0.2, -0.15) is 5.10 Å². The van der Waals surface area contributed by atoms with Crippen molar-refractivity contribution in [2.75, 3.05) is 39.4 Å². The van der Waals surface area contributed by atoms with Crippen molar-refractivity contribution in [2.45, 2.75) is 45.3 Å². The number of piperidine rings is 1. The van der Waals surface area contributed by atoms with Crippen molar-refractivity contribution in [2.24, 2.45) is 0 Å². The second-order valence-corrected chi connectivity index (χ2v) is 6.03. The molecule has 0 saturated carbocycles. The van der Waals surface area contributed by atoms with Gasteiger partial charge in [-0.1, -0.05) is 6.42 Å². The van der Waals surface area contributed by atoms with E-state index in [1.807, 2.05) is 4.68 Å². The van der Waals surface area contributed by atoms with E-state index in [0.29, 0.717) is 6.04 Å². The quantitative estimate of drug-likeness (QED) is 0.810. The molecule has 1 aromatic heterocycles. The molecule has 6 nitrogen and oxygen atoms in total. The Kier molecular flexibility index (Phi) is 5.22. The minimum Gasteiger partial charge on any atom is -0.379 e. The molecule has 0 spiro atoms. The predicted molar refractivity (Wildman–Crippen MR) is 81.0 cm³/mol. The van der Waals surface area contributed by atoms with Gasteiger partial charge in [0.2, 0.25) is 0 Å². The highest BCUT2D eigenvalue weighted by Gasteiger charge is 2.26. The van der Waals surface area contributed by atoms with Crippen LogP contribution in [0.2, 0.25) is 0 Å². The average molecular weight is 293 g/mol. The summed E-state index contributed by atoms with van der Waals surface area (Å²) in [5.41, 5.74) is 0. The van der Waals surface area contributed by atoms with Crippen LogP contribution < -0.4 is 0 Å². The van der Waals surface area contributed by atoms with Crippen molar-refractivity contribution in [1.82, 2.24) is 24.6 Å². The van der Waals surface area contributed by atoms with E-state index in [4.69, 9.17) is 4.74 Å². The Balaban J connectivity index is 1.60. The number of likely N-dealkylation sites (tertiary alicyclic amines) is 1. The summed E-state index contributed by atoms with van der Waals surface area (Å²) in [5.74, 6) is 1.10. The smallest absolute Gasteiger partial charge is 0.141 e. The number of nitrogens with zero attached hydrogens (tertiary/aromatic N) is 5. The third kappa shape index (κ3) is 3.81. The van der Waals surface area contributed by atoms with Gasteiger partial charge in [-0.3, -0.25) is 9.80 Å². The van der Waals surface area contributed by atoms with Crippen molar-refractivity contribution in [3.8, 4) is 0 Å². The second-order valence-electron chi connectivity index (χ2n) is 6.03. The van der Waals surface area contributed by atoms with E-state index in [9.17, 15) is 0 Å². The number of rotatable bonds is 5. The number of hydrogen-bond donors (Lipinski definition) is 0. The van der Waals surface area contributed by atoms with Gasteiger partial charge in [0.1, 0.15) is 12.2 Å². The molecule has 2 saturated heterocycles. The lowest BCUT2D eigenvalue weighted by atomic mass is 10.0. The zero-order chi connectivity index (χ0) is 14.5. The Bertz CT molecular complexity index is 429. The highest BCUT2D eigenvalue weighted by molar-refractivity contribution is 4.89. The molecule has 3 heterocycles. The van der Waals surface area contributed by atoms with Crippen molar-refractivity contribution >= 4 is 0 Å². The molecule has 1 aromatic rings. The first-order chi connectivity index (χ1) is 10.4. The third-order valence-electron chi connectivity index (χ3n) is 4.66. The zero-order valence-corrected chi connectivity index (χ0v) is 13.1. The fourth-order valence-electron chi connectivity index (χ4n) is 3.41. The summed E-state index contributed by atoms with van der Waals surface area (Å²) in [4.78, 5) is 9.60. The summed E-state index contributed by atoms with van der Waals surface area (Å²) in [7, 11) is 0. The molecule has 0 aromatic carbocycles. The van der Waals surface area contributed by atoms with Crippen LogP contribution in [0.25, 0.3) is 0 Å². The maximum absolute atomic E-state index is 5.45. The lowest BCUT2D eigenvalue weighted by Gasteiger charge is -2.39. The molecule has 0 amide bonds. The van der Waals surface area contributed by atoms with Crippen LogP contribution in [-0.2, 0) is 17.8 Å². The number of hydrogen-bond acceptors (Lipinski definition) is 5. The molecule has 0 bridgehead atoms. The maximum atomic E-state index is 5.45. The summed E-state index contributed by atoms with van der Waals surface area (Å²) in [6, 6.07) is 0.652. The van der Waals surface area contributed by atoms with Gasteiger partial charge in [0, 0.05) is 32.2 Å². The van der Waals surface area contributed by atoms with Crippen molar-refractivity contribution in [1.29, 1.82) is 0 Å². The van der Waals surface area contributed by atoms with Crippen LogP contribution in [0.5, 0.6) is 0 Å². The van der Waals surface area contributed by atoms with E-state index in [1.165, 1.54) is 32.4 Å². The van der Waals surface area contributed by atoms with E-state index in [0.717, 1.165) is 45.2 Å². The summed E-state index contributed by atoms with van der Waals surface area (Å²) >= 11 is 0. The monoisotopic (exact) mass is 293 g/mol. The van der Waals surface area contributed by atoms with E-state index in [-0.39, 0.29) is 0 Å². The van der Waals surface area contributed by atoms with Crippen molar-refractivity contribution < 1.29 is 4.74 Å². The van der Waals surface area contributed by atoms with Gasteiger partial charge in [-0.25, -0.2) is 9.67 Å². The van der Waals surface area contributed by atoms with Gasteiger partial charge in [0.05, 0.1) is 19.8 Å². The Morgan fingerprint density at radius 2 is 2.10 bits per heavy atom. The average Bonchev–Trinajstić information content (AvgIpc) is 2.97. The van der Waals surface area contributed by atoms with E-state index in [1.54, 1.807) is 6.33 Å². The molecule has 3 rings (SSSR count). The molecule has 2 fully saturated rings. The predicted octanol–water partition coefficient (Wildman–Crippen LogP) is 0.985. The molecule has 1 unspecified atom stereocenters. The lowest BCUT2D eigenvalue weighted by molar-refractivity contribution is 0.0146. The molecule has 6 heteroatoms. The van der Waals surface area contributed by atoms with Crippen molar-refractivity contribution in [3.63, 3.8) is 0 Å². The van der Waals surface area contributed by atoms with Crippen molar-refractivity contribution in [3.05, 3.63) is 12.2 Å². The van der Waals surface area contributed by atoms with Gasteiger partial charge < -0.3 is 4.74 Å². The minimum absolute atomic E-state index is 0.652. The first-order valence-corrected chi connectivity index (χ1v) is 8.27. The highest BCUT2D eigenvalue weighted by Crippen LogP contribution is 2.20. The van der Waals surface area contributed by atoms with E-state index in [2.05, 4.69) is 26.8 Å². The lowest BCUT2D eigenvalue weighted by Crippen LogP contribution is -2.49. The summed E-state index contributed by atoms with van der Waals surface area (Å²) in [6.45, 7) is 10.2. The van der Waals surface area contributed by atoms with E-state index < -0.39 is 0 Å². The van der Waals surface area contributed by atoms with E-state index >= 15 is 0 Å². The van der Waals surface area contributed by atoms with Crippen LogP contribution in [0.15, 0.2) is 6.33 Å². The maximum Gasteiger partial charge on any atom is 0.141 e. The standard InChI is InChI=1S/C15H27N5O/c1-2-20-15(16-13-17-20)12-19-6-4-3-5-14(19)11-18-7-9-21-10-8-18/h13-14H,2-12H2,1H3. The number of aryl methyl sites for hydroxylation is 1. The SMILES string of the molecule is CCn1ncnc1CN1CCCCC1CN1CCOCC1. The molecular formula is C15H27N5O.